The molecule has 2 aromatic heterocycles. The molecule has 5 heteroatoms. The first-order chi connectivity index (χ1) is 9.72. The van der Waals surface area contributed by atoms with Gasteiger partial charge in [0.15, 0.2) is 0 Å². The molecule has 0 fully saturated rings. The van der Waals surface area contributed by atoms with Gasteiger partial charge < -0.3 is 10.3 Å². The average molecular weight is 289 g/mol. The molecular formula is C15H17ClN4. The maximum Gasteiger partial charge on any atom is 0.0534 e. The molecule has 3 aromatic rings. The van der Waals surface area contributed by atoms with Gasteiger partial charge in [0.25, 0.3) is 0 Å². The SMILES string of the molecule is Cn1cc(CNCCc2c[nH]c3ccc(Cl)cc23)cn1. The zero-order valence-electron chi connectivity index (χ0n) is 11.4. The number of aryl methyl sites for hydroxylation is 1. The number of benzene rings is 1. The number of nitrogens with zero attached hydrogens (tertiary/aromatic N) is 2. The van der Waals surface area contributed by atoms with Crippen molar-refractivity contribution in [1.82, 2.24) is 20.1 Å². The Morgan fingerprint density at radius 1 is 1.40 bits per heavy atom. The summed E-state index contributed by atoms with van der Waals surface area (Å²) in [5.41, 5.74) is 3.63. The van der Waals surface area contributed by atoms with Gasteiger partial charge in [-0.25, -0.2) is 0 Å². The lowest BCUT2D eigenvalue weighted by molar-refractivity contribution is 0.687. The molecule has 104 valence electrons. The fourth-order valence-corrected chi connectivity index (χ4v) is 2.55. The van der Waals surface area contributed by atoms with Crippen LogP contribution in [0, 0.1) is 0 Å². The first-order valence-electron chi connectivity index (χ1n) is 6.66. The van der Waals surface area contributed by atoms with Crippen LogP contribution in [0.5, 0.6) is 0 Å². The standard InChI is InChI=1S/C15H17ClN4/c1-20-10-11(8-19-20)7-17-5-4-12-9-18-15-3-2-13(16)6-14(12)15/h2-3,6,8-10,17-18H,4-5,7H2,1H3. The first-order valence-corrected chi connectivity index (χ1v) is 7.04. The van der Waals surface area contributed by atoms with Gasteiger partial charge >= 0.3 is 0 Å². The van der Waals surface area contributed by atoms with Crippen LogP contribution >= 0.6 is 11.6 Å². The molecule has 0 aliphatic carbocycles. The van der Waals surface area contributed by atoms with Crippen molar-refractivity contribution in [2.75, 3.05) is 6.54 Å². The molecule has 0 amide bonds. The zero-order valence-corrected chi connectivity index (χ0v) is 12.1. The number of aromatic nitrogens is 3. The van der Waals surface area contributed by atoms with Crippen molar-refractivity contribution < 1.29 is 0 Å². The lowest BCUT2D eigenvalue weighted by atomic mass is 10.1. The average Bonchev–Trinajstić information content (AvgIpc) is 3.01. The molecule has 2 N–H and O–H groups in total. The molecule has 0 unspecified atom stereocenters. The Bertz CT molecular complexity index is 714. The zero-order chi connectivity index (χ0) is 13.9. The van der Waals surface area contributed by atoms with Crippen molar-refractivity contribution in [2.45, 2.75) is 13.0 Å². The lowest BCUT2D eigenvalue weighted by Gasteiger charge is -2.02. The molecule has 0 saturated carbocycles. The highest BCUT2D eigenvalue weighted by atomic mass is 35.5. The summed E-state index contributed by atoms with van der Waals surface area (Å²) in [6, 6.07) is 5.94. The van der Waals surface area contributed by atoms with Gasteiger partial charge in [0, 0.05) is 47.5 Å². The highest BCUT2D eigenvalue weighted by Crippen LogP contribution is 2.22. The van der Waals surface area contributed by atoms with Gasteiger partial charge in [-0.15, -0.1) is 0 Å². The first kappa shape index (κ1) is 13.2. The highest BCUT2D eigenvalue weighted by molar-refractivity contribution is 6.31. The molecule has 3 rings (SSSR count). The summed E-state index contributed by atoms with van der Waals surface area (Å²) in [4.78, 5) is 3.28. The van der Waals surface area contributed by atoms with Crippen molar-refractivity contribution in [1.29, 1.82) is 0 Å². The van der Waals surface area contributed by atoms with Crippen LogP contribution in [-0.4, -0.2) is 21.3 Å². The number of rotatable bonds is 5. The minimum Gasteiger partial charge on any atom is -0.361 e. The van der Waals surface area contributed by atoms with Gasteiger partial charge in [0.05, 0.1) is 6.20 Å². The van der Waals surface area contributed by atoms with E-state index in [0.717, 1.165) is 30.0 Å². The topological polar surface area (TPSA) is 45.6 Å². The number of hydrogen-bond donors (Lipinski definition) is 2. The molecular weight excluding hydrogens is 272 g/mol. The van der Waals surface area contributed by atoms with Gasteiger partial charge in [0.2, 0.25) is 0 Å². The Balaban J connectivity index is 1.58. The van der Waals surface area contributed by atoms with Gasteiger partial charge in [-0.1, -0.05) is 11.6 Å². The van der Waals surface area contributed by atoms with E-state index in [2.05, 4.69) is 21.6 Å². The van der Waals surface area contributed by atoms with Crippen LogP contribution in [0.25, 0.3) is 10.9 Å². The van der Waals surface area contributed by atoms with E-state index < -0.39 is 0 Å². The molecule has 20 heavy (non-hydrogen) atoms. The number of H-pyrrole nitrogens is 1. The molecule has 0 aliphatic rings. The van der Waals surface area contributed by atoms with Gasteiger partial charge in [0.1, 0.15) is 0 Å². The predicted molar refractivity (Wildman–Crippen MR) is 81.9 cm³/mol. The summed E-state index contributed by atoms with van der Waals surface area (Å²) in [7, 11) is 1.93. The third-order valence-electron chi connectivity index (χ3n) is 3.39. The normalized spacial score (nSPS) is 11.3. The maximum absolute atomic E-state index is 6.05. The van der Waals surface area contributed by atoms with Gasteiger partial charge in [-0.3, -0.25) is 4.68 Å². The van der Waals surface area contributed by atoms with Crippen LogP contribution in [0.3, 0.4) is 0 Å². The molecule has 0 spiro atoms. The minimum absolute atomic E-state index is 0.779. The van der Waals surface area contributed by atoms with E-state index >= 15 is 0 Å². The number of halogens is 1. The van der Waals surface area contributed by atoms with Crippen molar-refractivity contribution in [3.63, 3.8) is 0 Å². The Labute approximate surface area is 122 Å². The summed E-state index contributed by atoms with van der Waals surface area (Å²) < 4.78 is 1.82. The molecule has 0 radical (unpaired) electrons. The van der Waals surface area contributed by atoms with Crippen LogP contribution < -0.4 is 5.32 Å². The third kappa shape index (κ3) is 2.86. The van der Waals surface area contributed by atoms with Crippen molar-refractivity contribution in [3.05, 3.63) is 52.9 Å². The van der Waals surface area contributed by atoms with E-state index in [9.17, 15) is 0 Å². The largest absolute Gasteiger partial charge is 0.361 e. The Hall–Kier alpha value is -1.78. The van der Waals surface area contributed by atoms with Crippen LogP contribution in [0.1, 0.15) is 11.1 Å². The van der Waals surface area contributed by atoms with E-state index in [0.29, 0.717) is 0 Å². The monoisotopic (exact) mass is 288 g/mol. The lowest BCUT2D eigenvalue weighted by Crippen LogP contribution is -2.16. The van der Waals surface area contributed by atoms with Crippen LogP contribution in [0.15, 0.2) is 36.8 Å². The van der Waals surface area contributed by atoms with Crippen LogP contribution in [-0.2, 0) is 20.0 Å². The summed E-state index contributed by atoms with van der Waals surface area (Å²) in [6.45, 7) is 1.77. The summed E-state index contributed by atoms with van der Waals surface area (Å²) in [5, 5.41) is 9.57. The maximum atomic E-state index is 6.05. The van der Waals surface area contributed by atoms with E-state index in [-0.39, 0.29) is 0 Å². The minimum atomic E-state index is 0.779. The van der Waals surface area contributed by atoms with Crippen LogP contribution in [0.4, 0.5) is 0 Å². The molecule has 1 aromatic carbocycles. The van der Waals surface area contributed by atoms with Gasteiger partial charge in [-0.2, -0.15) is 5.10 Å². The Morgan fingerprint density at radius 2 is 2.30 bits per heavy atom. The highest BCUT2D eigenvalue weighted by Gasteiger charge is 2.04. The smallest absolute Gasteiger partial charge is 0.0534 e. The summed E-state index contributed by atoms with van der Waals surface area (Å²) in [5.74, 6) is 0. The molecule has 4 nitrogen and oxygen atoms in total. The van der Waals surface area contributed by atoms with E-state index in [1.165, 1.54) is 16.5 Å². The number of aromatic amines is 1. The van der Waals surface area contributed by atoms with Crippen LogP contribution in [0.2, 0.25) is 5.02 Å². The van der Waals surface area contributed by atoms with Crippen molar-refractivity contribution >= 4 is 22.5 Å². The summed E-state index contributed by atoms with van der Waals surface area (Å²) in [6.07, 6.45) is 6.95. The van der Waals surface area contributed by atoms with E-state index in [1.54, 1.807) is 0 Å². The van der Waals surface area contributed by atoms with Crippen molar-refractivity contribution in [3.8, 4) is 0 Å². The Morgan fingerprint density at radius 3 is 3.10 bits per heavy atom. The van der Waals surface area contributed by atoms with Gasteiger partial charge in [-0.05, 0) is 36.7 Å². The predicted octanol–water partition coefficient (Wildman–Crippen LogP) is 2.89. The van der Waals surface area contributed by atoms with E-state index in [4.69, 9.17) is 11.6 Å². The second kappa shape index (κ2) is 5.69. The molecule has 0 bridgehead atoms. The number of fused-ring (bicyclic) bond motifs is 1. The fraction of sp³-hybridized carbons (Fsp3) is 0.267. The molecule has 0 atom stereocenters. The second-order valence-electron chi connectivity index (χ2n) is 4.95. The van der Waals surface area contributed by atoms with E-state index in [1.807, 2.05) is 42.3 Å². The number of nitrogens with one attached hydrogen (secondary N) is 2. The second-order valence-corrected chi connectivity index (χ2v) is 5.39. The fourth-order valence-electron chi connectivity index (χ4n) is 2.38. The molecule has 0 saturated heterocycles. The Kier molecular flexibility index (Phi) is 3.76. The quantitative estimate of drug-likeness (QED) is 0.709. The summed E-state index contributed by atoms with van der Waals surface area (Å²) >= 11 is 6.05. The third-order valence-corrected chi connectivity index (χ3v) is 3.62. The number of hydrogen-bond acceptors (Lipinski definition) is 2. The molecule has 0 aliphatic heterocycles. The molecule has 2 heterocycles. The van der Waals surface area contributed by atoms with Crippen molar-refractivity contribution in [2.24, 2.45) is 7.05 Å².